The average Bonchev–Trinajstić information content (AvgIpc) is 3.15. The maximum absolute atomic E-state index is 12.3. The lowest BCUT2D eigenvalue weighted by Gasteiger charge is -2.41. The summed E-state index contributed by atoms with van der Waals surface area (Å²) in [5, 5.41) is 5.97. The third-order valence-electron chi connectivity index (χ3n) is 5.57. The molecule has 2 atom stereocenters. The van der Waals surface area contributed by atoms with Crippen molar-refractivity contribution in [3.63, 3.8) is 0 Å². The number of piperidine rings is 1. The van der Waals surface area contributed by atoms with Gasteiger partial charge in [-0.25, -0.2) is 0 Å². The van der Waals surface area contributed by atoms with Gasteiger partial charge < -0.3 is 20.1 Å². The van der Waals surface area contributed by atoms with Crippen LogP contribution in [0.2, 0.25) is 0 Å². The molecule has 4 rings (SSSR count). The molecule has 27 heavy (non-hydrogen) atoms. The van der Waals surface area contributed by atoms with Gasteiger partial charge in [-0.2, -0.15) is 0 Å². The van der Waals surface area contributed by atoms with Crippen LogP contribution in [0, 0.1) is 0 Å². The Morgan fingerprint density at radius 2 is 2.22 bits per heavy atom. The highest BCUT2D eigenvalue weighted by atomic mass is 16.5. The predicted octanol–water partition coefficient (Wildman–Crippen LogP) is 0.939. The Morgan fingerprint density at radius 3 is 3.07 bits per heavy atom. The van der Waals surface area contributed by atoms with Crippen LogP contribution in [-0.2, 0) is 9.53 Å². The molecule has 7 nitrogen and oxygen atoms in total. The van der Waals surface area contributed by atoms with E-state index in [-0.39, 0.29) is 17.9 Å². The molecule has 2 saturated heterocycles. The predicted molar refractivity (Wildman–Crippen MR) is 99.8 cm³/mol. The van der Waals surface area contributed by atoms with Crippen molar-refractivity contribution in [1.29, 1.82) is 0 Å². The largest absolute Gasteiger partial charge is 0.483 e. The molecule has 1 spiro atoms. The third kappa shape index (κ3) is 4.25. The van der Waals surface area contributed by atoms with Gasteiger partial charge in [-0.1, -0.05) is 12.1 Å². The van der Waals surface area contributed by atoms with Crippen molar-refractivity contribution in [3.05, 3.63) is 29.8 Å². The number of para-hydroxylation sites is 1. The van der Waals surface area contributed by atoms with Crippen molar-refractivity contribution in [2.45, 2.75) is 37.4 Å². The van der Waals surface area contributed by atoms with E-state index in [0.717, 1.165) is 38.8 Å². The Kier molecular flexibility index (Phi) is 5.31. The monoisotopic (exact) mass is 373 g/mol. The Labute approximate surface area is 159 Å². The second-order valence-electron chi connectivity index (χ2n) is 7.72. The first-order valence-corrected chi connectivity index (χ1v) is 9.80. The summed E-state index contributed by atoms with van der Waals surface area (Å²) in [5.74, 6) is 0.534. The molecule has 0 aliphatic carbocycles. The third-order valence-corrected chi connectivity index (χ3v) is 5.57. The summed E-state index contributed by atoms with van der Waals surface area (Å²) in [6.07, 6.45) is 4.02. The lowest BCUT2D eigenvalue weighted by Crippen LogP contribution is -2.58. The number of nitrogens with zero attached hydrogens (tertiary/aromatic N) is 1. The molecule has 2 fully saturated rings. The Bertz CT molecular complexity index is 704. The molecule has 0 radical (unpaired) electrons. The van der Waals surface area contributed by atoms with Gasteiger partial charge >= 0.3 is 0 Å². The van der Waals surface area contributed by atoms with E-state index in [4.69, 9.17) is 9.47 Å². The minimum Gasteiger partial charge on any atom is -0.483 e. The zero-order valence-corrected chi connectivity index (χ0v) is 15.5. The number of hydrogen-bond donors (Lipinski definition) is 2. The van der Waals surface area contributed by atoms with Crippen LogP contribution in [0.3, 0.4) is 0 Å². The summed E-state index contributed by atoms with van der Waals surface area (Å²) in [4.78, 5) is 26.8. The SMILES string of the molecule is O=C(CN1CCCC2(CNC(=O)c3ccccc3O2)C1)NCC1CCCO1. The van der Waals surface area contributed by atoms with Gasteiger partial charge in [0.25, 0.3) is 5.91 Å². The Hall–Kier alpha value is -2.12. The Morgan fingerprint density at radius 1 is 1.33 bits per heavy atom. The quantitative estimate of drug-likeness (QED) is 0.821. The first-order chi connectivity index (χ1) is 13.1. The minimum absolute atomic E-state index is 0.0145. The fraction of sp³-hybridized carbons (Fsp3) is 0.600. The number of amides is 2. The Balaban J connectivity index is 1.37. The van der Waals surface area contributed by atoms with Crippen molar-refractivity contribution in [3.8, 4) is 5.75 Å². The lowest BCUT2D eigenvalue weighted by molar-refractivity contribution is -0.124. The zero-order valence-electron chi connectivity index (χ0n) is 15.5. The molecule has 3 heterocycles. The molecule has 0 aromatic heterocycles. The molecule has 3 aliphatic heterocycles. The standard InChI is InChI=1S/C20H27N3O4/c24-18(21-11-15-5-3-10-26-15)12-23-9-4-8-20(14-23)13-22-19(25)16-6-1-2-7-17(16)27-20/h1-2,6-7,15H,3-5,8-14H2,(H,21,24)(H,22,25). The normalized spacial score (nSPS) is 28.1. The summed E-state index contributed by atoms with van der Waals surface area (Å²) < 4.78 is 11.9. The summed E-state index contributed by atoms with van der Waals surface area (Å²) in [7, 11) is 0. The number of likely N-dealkylation sites (tertiary alicyclic amines) is 1. The first-order valence-electron chi connectivity index (χ1n) is 9.80. The molecule has 1 aromatic rings. The maximum Gasteiger partial charge on any atom is 0.255 e. The van der Waals surface area contributed by atoms with Crippen LogP contribution in [0.5, 0.6) is 5.75 Å². The summed E-state index contributed by atoms with van der Waals surface area (Å²) >= 11 is 0. The van der Waals surface area contributed by atoms with Gasteiger partial charge in [0.1, 0.15) is 11.4 Å². The van der Waals surface area contributed by atoms with E-state index in [0.29, 0.717) is 37.5 Å². The van der Waals surface area contributed by atoms with Crippen molar-refractivity contribution >= 4 is 11.8 Å². The number of carbonyl (C=O) groups excluding carboxylic acids is 2. The van der Waals surface area contributed by atoms with Crippen LogP contribution >= 0.6 is 0 Å². The number of hydrogen-bond acceptors (Lipinski definition) is 5. The van der Waals surface area contributed by atoms with Crippen LogP contribution < -0.4 is 15.4 Å². The molecule has 146 valence electrons. The molecule has 2 amide bonds. The summed E-state index contributed by atoms with van der Waals surface area (Å²) in [6, 6.07) is 7.34. The van der Waals surface area contributed by atoms with Crippen LogP contribution in [-0.4, -0.2) is 67.7 Å². The van der Waals surface area contributed by atoms with Crippen LogP contribution in [0.15, 0.2) is 24.3 Å². The van der Waals surface area contributed by atoms with E-state index >= 15 is 0 Å². The van der Waals surface area contributed by atoms with Gasteiger partial charge in [-0.3, -0.25) is 14.5 Å². The van der Waals surface area contributed by atoms with Crippen LogP contribution in [0.4, 0.5) is 0 Å². The number of benzene rings is 1. The van der Waals surface area contributed by atoms with Crippen LogP contribution in [0.25, 0.3) is 0 Å². The van der Waals surface area contributed by atoms with Gasteiger partial charge in [-0.15, -0.1) is 0 Å². The molecule has 0 bridgehead atoms. The van der Waals surface area contributed by atoms with Crippen molar-refractivity contribution < 1.29 is 19.1 Å². The average molecular weight is 373 g/mol. The van der Waals surface area contributed by atoms with Gasteiger partial charge in [0, 0.05) is 19.7 Å². The van der Waals surface area contributed by atoms with Crippen molar-refractivity contribution in [2.75, 3.05) is 39.3 Å². The van der Waals surface area contributed by atoms with E-state index in [1.54, 1.807) is 6.07 Å². The number of carbonyl (C=O) groups is 2. The summed E-state index contributed by atoms with van der Waals surface area (Å²) in [5.41, 5.74) is 0.0795. The van der Waals surface area contributed by atoms with E-state index in [1.807, 2.05) is 18.2 Å². The van der Waals surface area contributed by atoms with Gasteiger partial charge in [0.15, 0.2) is 0 Å². The highest BCUT2D eigenvalue weighted by Gasteiger charge is 2.41. The minimum atomic E-state index is -0.491. The molecule has 3 aliphatic rings. The smallest absolute Gasteiger partial charge is 0.255 e. The van der Waals surface area contributed by atoms with Gasteiger partial charge in [0.05, 0.1) is 24.8 Å². The maximum atomic E-state index is 12.3. The molecule has 0 saturated carbocycles. The molecule has 2 unspecified atom stereocenters. The van der Waals surface area contributed by atoms with Crippen LogP contribution in [0.1, 0.15) is 36.0 Å². The molecular weight excluding hydrogens is 346 g/mol. The van der Waals surface area contributed by atoms with E-state index < -0.39 is 5.60 Å². The lowest BCUT2D eigenvalue weighted by atomic mass is 9.92. The highest BCUT2D eigenvalue weighted by molar-refractivity contribution is 5.97. The second-order valence-corrected chi connectivity index (χ2v) is 7.72. The fourth-order valence-electron chi connectivity index (χ4n) is 4.19. The molecule has 7 heteroatoms. The fourth-order valence-corrected chi connectivity index (χ4v) is 4.19. The highest BCUT2D eigenvalue weighted by Crippen LogP contribution is 2.31. The zero-order chi connectivity index (χ0) is 18.7. The van der Waals surface area contributed by atoms with E-state index in [2.05, 4.69) is 15.5 Å². The summed E-state index contributed by atoms with van der Waals surface area (Å²) in [6.45, 7) is 3.64. The van der Waals surface area contributed by atoms with Crippen molar-refractivity contribution in [1.82, 2.24) is 15.5 Å². The number of nitrogens with one attached hydrogen (secondary N) is 2. The molecule has 1 aromatic carbocycles. The second kappa shape index (κ2) is 7.86. The topological polar surface area (TPSA) is 79.9 Å². The number of ether oxygens (including phenoxy) is 2. The van der Waals surface area contributed by atoms with Gasteiger partial charge in [-0.05, 0) is 44.4 Å². The first kappa shape index (κ1) is 18.3. The molecule has 2 N–H and O–H groups in total. The van der Waals surface area contributed by atoms with E-state index in [1.165, 1.54) is 0 Å². The van der Waals surface area contributed by atoms with E-state index in [9.17, 15) is 9.59 Å². The molecular formula is C20H27N3O4. The number of fused-ring (bicyclic) bond motifs is 1. The van der Waals surface area contributed by atoms with Crippen molar-refractivity contribution in [2.24, 2.45) is 0 Å². The van der Waals surface area contributed by atoms with Gasteiger partial charge in [0.2, 0.25) is 5.91 Å². The number of rotatable bonds is 4.